The minimum absolute atomic E-state index is 0.0249. The molecular formula is C16H24N2O4. The summed E-state index contributed by atoms with van der Waals surface area (Å²) in [6, 6.07) is 7.25. The van der Waals surface area contributed by atoms with Crippen molar-refractivity contribution in [1.29, 1.82) is 0 Å². The smallest absolute Gasteiger partial charge is 0.257 e. The number of benzene rings is 1. The summed E-state index contributed by atoms with van der Waals surface area (Å²) in [6.45, 7) is 7.47. The Kier molecular flexibility index (Phi) is 6.99. The van der Waals surface area contributed by atoms with E-state index in [4.69, 9.17) is 14.2 Å². The monoisotopic (exact) mass is 308 g/mol. The van der Waals surface area contributed by atoms with Crippen LogP contribution in [-0.4, -0.2) is 63.4 Å². The van der Waals surface area contributed by atoms with Crippen LogP contribution in [0.1, 0.15) is 6.92 Å². The summed E-state index contributed by atoms with van der Waals surface area (Å²) >= 11 is 0. The minimum atomic E-state index is -0.109. The Balaban J connectivity index is 1.60. The van der Waals surface area contributed by atoms with E-state index >= 15 is 0 Å². The number of amides is 1. The minimum Gasteiger partial charge on any atom is -0.494 e. The van der Waals surface area contributed by atoms with Crippen molar-refractivity contribution in [3.63, 3.8) is 0 Å². The standard InChI is InChI=1S/C16H24N2O4/c1-2-21-14-3-5-15(6-4-14)22-13-16(19)17-7-8-18-9-11-20-12-10-18/h3-6H,2,7-13H2,1H3,(H,17,19). The second kappa shape index (κ2) is 9.27. The molecule has 6 nitrogen and oxygen atoms in total. The van der Waals surface area contributed by atoms with E-state index in [0.29, 0.717) is 18.9 Å². The normalized spacial score (nSPS) is 15.3. The summed E-state index contributed by atoms with van der Waals surface area (Å²) in [5, 5.41) is 2.86. The van der Waals surface area contributed by atoms with Crippen molar-refractivity contribution in [3.8, 4) is 11.5 Å². The molecule has 0 spiro atoms. The van der Waals surface area contributed by atoms with Gasteiger partial charge in [-0.05, 0) is 31.2 Å². The molecule has 0 unspecified atom stereocenters. The molecule has 1 aromatic carbocycles. The van der Waals surface area contributed by atoms with Gasteiger partial charge in [0, 0.05) is 26.2 Å². The van der Waals surface area contributed by atoms with E-state index in [1.54, 1.807) is 12.1 Å². The van der Waals surface area contributed by atoms with E-state index in [1.165, 1.54) is 0 Å². The quantitative estimate of drug-likeness (QED) is 0.773. The van der Waals surface area contributed by atoms with Crippen LogP contribution in [0.4, 0.5) is 0 Å². The molecule has 0 aliphatic carbocycles. The van der Waals surface area contributed by atoms with Crippen molar-refractivity contribution in [3.05, 3.63) is 24.3 Å². The number of ether oxygens (including phenoxy) is 3. The largest absolute Gasteiger partial charge is 0.494 e. The summed E-state index contributed by atoms with van der Waals surface area (Å²) in [6.07, 6.45) is 0. The van der Waals surface area contributed by atoms with Crippen molar-refractivity contribution in [2.24, 2.45) is 0 Å². The summed E-state index contributed by atoms with van der Waals surface area (Å²) < 4.78 is 16.1. The third kappa shape index (κ3) is 5.91. The number of carbonyl (C=O) groups is 1. The fourth-order valence-corrected chi connectivity index (χ4v) is 2.18. The van der Waals surface area contributed by atoms with Crippen molar-refractivity contribution >= 4 is 5.91 Å². The molecule has 1 fully saturated rings. The lowest BCUT2D eigenvalue weighted by atomic mass is 10.3. The molecule has 1 N–H and O–H groups in total. The summed E-state index contributed by atoms with van der Waals surface area (Å²) in [5.74, 6) is 1.35. The van der Waals surface area contributed by atoms with Crippen LogP contribution in [0.2, 0.25) is 0 Å². The first-order chi connectivity index (χ1) is 10.8. The van der Waals surface area contributed by atoms with Crippen LogP contribution in [0.5, 0.6) is 11.5 Å². The van der Waals surface area contributed by atoms with Gasteiger partial charge in [0.15, 0.2) is 6.61 Å². The van der Waals surface area contributed by atoms with Crippen LogP contribution in [0.25, 0.3) is 0 Å². The molecule has 1 aromatic rings. The zero-order valence-corrected chi connectivity index (χ0v) is 13.0. The number of hydrogen-bond donors (Lipinski definition) is 1. The molecule has 1 heterocycles. The Labute approximate surface area is 131 Å². The zero-order chi connectivity index (χ0) is 15.6. The van der Waals surface area contributed by atoms with Crippen LogP contribution >= 0.6 is 0 Å². The molecular weight excluding hydrogens is 284 g/mol. The van der Waals surface area contributed by atoms with E-state index in [0.717, 1.165) is 38.6 Å². The van der Waals surface area contributed by atoms with Gasteiger partial charge in [0.2, 0.25) is 0 Å². The van der Waals surface area contributed by atoms with Gasteiger partial charge in [-0.2, -0.15) is 0 Å². The van der Waals surface area contributed by atoms with E-state index in [-0.39, 0.29) is 12.5 Å². The Morgan fingerprint density at radius 1 is 1.18 bits per heavy atom. The van der Waals surface area contributed by atoms with Crippen molar-refractivity contribution in [1.82, 2.24) is 10.2 Å². The number of nitrogens with zero attached hydrogens (tertiary/aromatic N) is 1. The van der Waals surface area contributed by atoms with Gasteiger partial charge in [-0.3, -0.25) is 9.69 Å². The van der Waals surface area contributed by atoms with Gasteiger partial charge in [0.25, 0.3) is 5.91 Å². The molecule has 0 saturated carbocycles. The highest BCUT2D eigenvalue weighted by atomic mass is 16.5. The molecule has 0 atom stereocenters. The number of hydrogen-bond acceptors (Lipinski definition) is 5. The third-order valence-corrected chi connectivity index (χ3v) is 3.36. The van der Waals surface area contributed by atoms with Gasteiger partial charge in [-0.1, -0.05) is 0 Å². The molecule has 1 aliphatic heterocycles. The average Bonchev–Trinajstić information content (AvgIpc) is 2.55. The molecule has 0 radical (unpaired) electrons. The maximum Gasteiger partial charge on any atom is 0.257 e. The highest BCUT2D eigenvalue weighted by Crippen LogP contribution is 2.17. The maximum absolute atomic E-state index is 11.7. The molecule has 22 heavy (non-hydrogen) atoms. The van der Waals surface area contributed by atoms with Crippen LogP contribution < -0.4 is 14.8 Å². The first-order valence-electron chi connectivity index (χ1n) is 7.70. The van der Waals surface area contributed by atoms with Crippen molar-refractivity contribution < 1.29 is 19.0 Å². The van der Waals surface area contributed by atoms with Crippen molar-refractivity contribution in [2.75, 3.05) is 52.6 Å². The topological polar surface area (TPSA) is 60.0 Å². The fourth-order valence-electron chi connectivity index (χ4n) is 2.18. The number of morpholine rings is 1. The number of carbonyl (C=O) groups excluding carboxylic acids is 1. The Morgan fingerprint density at radius 3 is 2.45 bits per heavy atom. The van der Waals surface area contributed by atoms with Gasteiger partial charge < -0.3 is 19.5 Å². The summed E-state index contributed by atoms with van der Waals surface area (Å²) in [5.41, 5.74) is 0. The Morgan fingerprint density at radius 2 is 1.82 bits per heavy atom. The average molecular weight is 308 g/mol. The molecule has 1 saturated heterocycles. The van der Waals surface area contributed by atoms with Crippen LogP contribution in [-0.2, 0) is 9.53 Å². The van der Waals surface area contributed by atoms with Crippen LogP contribution in [0.15, 0.2) is 24.3 Å². The second-order valence-corrected chi connectivity index (χ2v) is 5.00. The summed E-state index contributed by atoms with van der Waals surface area (Å²) in [4.78, 5) is 14.0. The molecule has 122 valence electrons. The van der Waals surface area contributed by atoms with E-state index in [1.807, 2.05) is 19.1 Å². The van der Waals surface area contributed by atoms with Crippen LogP contribution in [0.3, 0.4) is 0 Å². The van der Waals surface area contributed by atoms with Gasteiger partial charge >= 0.3 is 0 Å². The zero-order valence-electron chi connectivity index (χ0n) is 13.0. The molecule has 2 rings (SSSR count). The predicted molar refractivity (Wildman–Crippen MR) is 83.4 cm³/mol. The van der Waals surface area contributed by atoms with E-state index in [9.17, 15) is 4.79 Å². The predicted octanol–water partition coefficient (Wildman–Crippen LogP) is 0.913. The second-order valence-electron chi connectivity index (χ2n) is 5.00. The van der Waals surface area contributed by atoms with Gasteiger partial charge in [0.05, 0.1) is 19.8 Å². The SMILES string of the molecule is CCOc1ccc(OCC(=O)NCCN2CCOCC2)cc1. The van der Waals surface area contributed by atoms with Gasteiger partial charge in [0.1, 0.15) is 11.5 Å². The van der Waals surface area contributed by atoms with Gasteiger partial charge in [-0.15, -0.1) is 0 Å². The van der Waals surface area contributed by atoms with Gasteiger partial charge in [-0.25, -0.2) is 0 Å². The highest BCUT2D eigenvalue weighted by molar-refractivity contribution is 5.77. The fraction of sp³-hybridized carbons (Fsp3) is 0.562. The first-order valence-corrected chi connectivity index (χ1v) is 7.70. The molecule has 1 aliphatic rings. The lowest BCUT2D eigenvalue weighted by Crippen LogP contribution is -2.42. The lowest BCUT2D eigenvalue weighted by Gasteiger charge is -2.26. The Bertz CT molecular complexity index is 444. The number of nitrogens with one attached hydrogen (secondary N) is 1. The molecule has 0 bridgehead atoms. The lowest BCUT2D eigenvalue weighted by molar-refractivity contribution is -0.123. The first kappa shape index (κ1) is 16.6. The molecule has 0 aromatic heterocycles. The molecule has 6 heteroatoms. The van der Waals surface area contributed by atoms with E-state index in [2.05, 4.69) is 10.2 Å². The van der Waals surface area contributed by atoms with Crippen molar-refractivity contribution in [2.45, 2.75) is 6.92 Å². The third-order valence-electron chi connectivity index (χ3n) is 3.36. The van der Waals surface area contributed by atoms with Crippen LogP contribution in [0, 0.1) is 0 Å². The molecule has 1 amide bonds. The summed E-state index contributed by atoms with van der Waals surface area (Å²) in [7, 11) is 0. The maximum atomic E-state index is 11.7. The van der Waals surface area contributed by atoms with E-state index < -0.39 is 0 Å². The number of rotatable bonds is 8. The Hall–Kier alpha value is -1.79. The highest BCUT2D eigenvalue weighted by Gasteiger charge is 2.10.